The first-order valence-electron chi connectivity index (χ1n) is 3.91. The Labute approximate surface area is 93.4 Å². The second-order valence-corrected chi connectivity index (χ2v) is 4.15. The first-order valence-corrected chi connectivity index (χ1v) is 5.82. The van der Waals surface area contributed by atoms with E-state index in [-0.39, 0.29) is 0 Å². The Morgan fingerprint density at radius 3 is 2.85 bits per heavy atom. The Morgan fingerprint density at radius 2 is 2.08 bits per heavy atom. The number of fused-ring (bicyclic) bond motifs is 1. The van der Waals surface area contributed by atoms with Gasteiger partial charge in [-0.25, -0.2) is 0 Å². The van der Waals surface area contributed by atoms with Crippen LogP contribution in [0.5, 0.6) is 0 Å². The van der Waals surface area contributed by atoms with Gasteiger partial charge in [-0.2, -0.15) is 0 Å². The van der Waals surface area contributed by atoms with Gasteiger partial charge in [0.15, 0.2) is 0 Å². The molecule has 0 saturated heterocycles. The second kappa shape index (κ2) is 3.76. The van der Waals surface area contributed by atoms with Crippen LogP contribution in [0.2, 0.25) is 0 Å². The van der Waals surface area contributed by atoms with Gasteiger partial charge >= 0.3 is 0 Å². The molecule has 3 heteroatoms. The van der Waals surface area contributed by atoms with Crippen molar-refractivity contribution in [1.82, 2.24) is 4.98 Å². The number of benzene rings is 1. The van der Waals surface area contributed by atoms with Gasteiger partial charge in [0.05, 0.1) is 5.52 Å². The van der Waals surface area contributed by atoms with Crippen LogP contribution in [-0.2, 0) is 5.33 Å². The summed E-state index contributed by atoms with van der Waals surface area (Å²) < 4.78 is 1.05. The minimum atomic E-state index is 0.864. The highest BCUT2D eigenvalue weighted by Crippen LogP contribution is 2.25. The molecule has 1 nitrogen and oxygen atoms in total. The van der Waals surface area contributed by atoms with Gasteiger partial charge in [-0.15, -0.1) is 0 Å². The van der Waals surface area contributed by atoms with Gasteiger partial charge in [-0.05, 0) is 33.6 Å². The molecule has 0 N–H and O–H groups in total. The molecule has 1 aromatic heterocycles. The van der Waals surface area contributed by atoms with E-state index in [1.807, 2.05) is 18.3 Å². The van der Waals surface area contributed by atoms with Crippen molar-refractivity contribution in [3.63, 3.8) is 0 Å². The molecule has 0 saturated carbocycles. The van der Waals surface area contributed by atoms with Gasteiger partial charge in [0.2, 0.25) is 0 Å². The molecule has 0 bridgehead atoms. The second-order valence-electron chi connectivity index (χ2n) is 2.74. The number of rotatable bonds is 1. The van der Waals surface area contributed by atoms with Gasteiger partial charge in [0.25, 0.3) is 0 Å². The van der Waals surface area contributed by atoms with Gasteiger partial charge in [-0.1, -0.05) is 28.1 Å². The summed E-state index contributed by atoms with van der Waals surface area (Å²) in [5.74, 6) is 0. The fourth-order valence-electron chi connectivity index (χ4n) is 1.31. The fourth-order valence-corrected chi connectivity index (χ4v) is 2.25. The Morgan fingerprint density at radius 1 is 1.23 bits per heavy atom. The Bertz CT molecular complexity index is 440. The number of hydrogen-bond donors (Lipinski definition) is 0. The summed E-state index contributed by atoms with van der Waals surface area (Å²) in [6, 6.07) is 8.18. The predicted molar refractivity (Wildman–Crippen MR) is 62.1 cm³/mol. The molecule has 0 unspecified atom stereocenters. The summed E-state index contributed by atoms with van der Waals surface area (Å²) in [6.45, 7) is 0. The van der Waals surface area contributed by atoms with Crippen molar-refractivity contribution >= 4 is 42.8 Å². The number of hydrogen-bond acceptors (Lipinski definition) is 1. The van der Waals surface area contributed by atoms with Crippen LogP contribution in [0, 0.1) is 0 Å². The maximum Gasteiger partial charge on any atom is 0.0846 e. The number of alkyl halides is 1. The summed E-state index contributed by atoms with van der Waals surface area (Å²) in [7, 11) is 0. The minimum Gasteiger partial charge on any atom is -0.255 e. The normalized spacial score (nSPS) is 10.6. The van der Waals surface area contributed by atoms with Crippen molar-refractivity contribution in [2.24, 2.45) is 0 Å². The molecule has 13 heavy (non-hydrogen) atoms. The third-order valence-corrected chi connectivity index (χ3v) is 3.20. The monoisotopic (exact) mass is 299 g/mol. The standard InChI is InChI=1S/C10H7Br2N/c11-6-7-3-4-9(12)10-8(7)2-1-5-13-10/h1-5H,6H2. The fraction of sp³-hybridized carbons (Fsp3) is 0.100. The van der Waals surface area contributed by atoms with E-state index in [0.29, 0.717) is 0 Å². The summed E-state index contributed by atoms with van der Waals surface area (Å²) in [4.78, 5) is 4.32. The van der Waals surface area contributed by atoms with Crippen molar-refractivity contribution in [3.05, 3.63) is 40.5 Å². The highest BCUT2D eigenvalue weighted by molar-refractivity contribution is 9.10. The van der Waals surface area contributed by atoms with Crippen LogP contribution >= 0.6 is 31.9 Å². The predicted octanol–water partition coefficient (Wildman–Crippen LogP) is 3.89. The SMILES string of the molecule is BrCc1ccc(Br)c2ncccc12. The summed E-state index contributed by atoms with van der Waals surface area (Å²) >= 11 is 6.94. The lowest BCUT2D eigenvalue weighted by atomic mass is 10.1. The topological polar surface area (TPSA) is 12.9 Å². The Kier molecular flexibility index (Phi) is 2.65. The molecule has 0 aliphatic rings. The van der Waals surface area contributed by atoms with Crippen LogP contribution in [0.15, 0.2) is 34.9 Å². The van der Waals surface area contributed by atoms with Crippen LogP contribution in [0.3, 0.4) is 0 Å². The summed E-state index contributed by atoms with van der Waals surface area (Å²) in [5.41, 5.74) is 2.30. The summed E-state index contributed by atoms with van der Waals surface area (Å²) in [5, 5.41) is 2.07. The van der Waals surface area contributed by atoms with E-state index < -0.39 is 0 Å². The summed E-state index contributed by atoms with van der Waals surface area (Å²) in [6.07, 6.45) is 1.81. The Balaban J connectivity index is 2.84. The van der Waals surface area contributed by atoms with Gasteiger partial charge in [0.1, 0.15) is 0 Å². The molecule has 0 aliphatic heterocycles. The van der Waals surface area contributed by atoms with Crippen LogP contribution in [0.4, 0.5) is 0 Å². The van der Waals surface area contributed by atoms with Crippen molar-refractivity contribution in [3.8, 4) is 0 Å². The molecular formula is C10H7Br2N. The first-order chi connectivity index (χ1) is 6.33. The van der Waals surface area contributed by atoms with Gasteiger partial charge < -0.3 is 0 Å². The molecule has 1 aromatic carbocycles. The van der Waals surface area contributed by atoms with Gasteiger partial charge in [0, 0.05) is 21.4 Å². The average Bonchev–Trinajstić information content (AvgIpc) is 2.19. The molecular weight excluding hydrogens is 294 g/mol. The van der Waals surface area contributed by atoms with Gasteiger partial charge in [-0.3, -0.25) is 4.98 Å². The molecule has 0 fully saturated rings. The molecule has 0 aliphatic carbocycles. The quantitative estimate of drug-likeness (QED) is 0.728. The molecule has 0 atom stereocenters. The van der Waals surface area contributed by atoms with Crippen LogP contribution in [0.25, 0.3) is 10.9 Å². The van der Waals surface area contributed by atoms with Crippen molar-refractivity contribution in [2.75, 3.05) is 0 Å². The van der Waals surface area contributed by atoms with Crippen molar-refractivity contribution in [1.29, 1.82) is 0 Å². The van der Waals surface area contributed by atoms with Crippen LogP contribution < -0.4 is 0 Å². The van der Waals surface area contributed by atoms with E-state index in [1.165, 1.54) is 10.9 Å². The number of nitrogens with zero attached hydrogens (tertiary/aromatic N) is 1. The minimum absolute atomic E-state index is 0.864. The van der Waals surface area contributed by atoms with E-state index in [1.54, 1.807) is 0 Å². The third-order valence-electron chi connectivity index (χ3n) is 1.95. The maximum absolute atomic E-state index is 4.32. The Hall–Kier alpha value is -0.410. The van der Waals surface area contributed by atoms with E-state index in [9.17, 15) is 0 Å². The first kappa shape index (κ1) is 9.16. The number of aromatic nitrogens is 1. The molecule has 2 aromatic rings. The van der Waals surface area contributed by atoms with Crippen molar-refractivity contribution in [2.45, 2.75) is 5.33 Å². The molecule has 2 rings (SSSR count). The van der Waals surface area contributed by atoms with Crippen LogP contribution in [0.1, 0.15) is 5.56 Å². The molecule has 0 amide bonds. The smallest absolute Gasteiger partial charge is 0.0846 e. The lowest BCUT2D eigenvalue weighted by molar-refractivity contribution is 1.37. The zero-order chi connectivity index (χ0) is 9.26. The van der Waals surface area contributed by atoms with E-state index in [2.05, 4.69) is 49.0 Å². The average molecular weight is 301 g/mol. The highest BCUT2D eigenvalue weighted by Gasteiger charge is 2.02. The lowest BCUT2D eigenvalue weighted by Gasteiger charge is -2.03. The third kappa shape index (κ3) is 1.63. The highest BCUT2D eigenvalue weighted by atomic mass is 79.9. The van der Waals surface area contributed by atoms with E-state index in [0.717, 1.165) is 15.3 Å². The number of halogens is 2. The van der Waals surface area contributed by atoms with Crippen LogP contribution in [-0.4, -0.2) is 4.98 Å². The molecule has 0 radical (unpaired) electrons. The van der Waals surface area contributed by atoms with Crippen molar-refractivity contribution < 1.29 is 0 Å². The largest absolute Gasteiger partial charge is 0.255 e. The zero-order valence-electron chi connectivity index (χ0n) is 6.80. The lowest BCUT2D eigenvalue weighted by Crippen LogP contribution is -1.85. The van der Waals surface area contributed by atoms with E-state index in [4.69, 9.17) is 0 Å². The molecule has 66 valence electrons. The number of pyridine rings is 1. The maximum atomic E-state index is 4.32. The molecule has 0 spiro atoms. The molecule has 1 heterocycles. The zero-order valence-corrected chi connectivity index (χ0v) is 9.97. The van der Waals surface area contributed by atoms with E-state index >= 15 is 0 Å².